The first-order valence-electron chi connectivity index (χ1n) is 6.19. The van der Waals surface area contributed by atoms with E-state index in [0.717, 1.165) is 32.2 Å². The molecule has 0 aromatic heterocycles. The molecule has 2 unspecified atom stereocenters. The molecule has 1 N–H and O–H groups in total. The van der Waals surface area contributed by atoms with Gasteiger partial charge in [-0.3, -0.25) is 4.79 Å². The van der Waals surface area contributed by atoms with E-state index in [9.17, 15) is 4.79 Å². The summed E-state index contributed by atoms with van der Waals surface area (Å²) >= 11 is 0. The van der Waals surface area contributed by atoms with E-state index in [1.807, 2.05) is 6.92 Å². The summed E-state index contributed by atoms with van der Waals surface area (Å²) in [5.41, 5.74) is 0. The molecule has 1 fully saturated rings. The summed E-state index contributed by atoms with van der Waals surface area (Å²) in [4.78, 5) is 11.5. The van der Waals surface area contributed by atoms with Gasteiger partial charge in [-0.15, -0.1) is 0 Å². The standard InChI is InChI=1S/C12H23NO3/c1-3-13-8-7-12(14)16-11-6-4-5-10(9-11)15-2/h10-11,13H,3-9H2,1-2H3. The smallest absolute Gasteiger partial charge is 0.307 e. The Kier molecular flexibility index (Phi) is 6.42. The van der Waals surface area contributed by atoms with E-state index >= 15 is 0 Å². The molecule has 1 saturated carbocycles. The summed E-state index contributed by atoms with van der Waals surface area (Å²) in [5.74, 6) is -0.0947. The summed E-state index contributed by atoms with van der Waals surface area (Å²) in [5, 5.41) is 3.11. The third kappa shape index (κ3) is 4.94. The number of rotatable bonds is 6. The molecule has 16 heavy (non-hydrogen) atoms. The van der Waals surface area contributed by atoms with Crippen molar-refractivity contribution in [1.82, 2.24) is 5.32 Å². The Labute approximate surface area is 97.7 Å². The quantitative estimate of drug-likeness (QED) is 0.553. The molecular weight excluding hydrogens is 206 g/mol. The normalized spacial score (nSPS) is 25.4. The highest BCUT2D eigenvalue weighted by atomic mass is 16.5. The molecule has 0 aromatic rings. The van der Waals surface area contributed by atoms with Crippen LogP contribution < -0.4 is 5.32 Å². The van der Waals surface area contributed by atoms with E-state index in [1.54, 1.807) is 7.11 Å². The van der Waals surface area contributed by atoms with Crippen LogP contribution in [0.4, 0.5) is 0 Å². The molecule has 1 rings (SSSR count). The van der Waals surface area contributed by atoms with Gasteiger partial charge in [0.2, 0.25) is 0 Å². The third-order valence-electron chi connectivity index (χ3n) is 2.97. The van der Waals surface area contributed by atoms with Crippen LogP contribution in [0.3, 0.4) is 0 Å². The molecular formula is C12H23NO3. The van der Waals surface area contributed by atoms with Crippen molar-refractivity contribution in [2.75, 3.05) is 20.2 Å². The predicted octanol–water partition coefficient (Wildman–Crippen LogP) is 1.49. The molecule has 0 amide bonds. The molecule has 0 radical (unpaired) electrons. The van der Waals surface area contributed by atoms with Gasteiger partial charge in [-0.25, -0.2) is 0 Å². The summed E-state index contributed by atoms with van der Waals surface area (Å²) < 4.78 is 10.7. The number of carbonyl (C=O) groups excluding carboxylic acids is 1. The molecule has 2 atom stereocenters. The van der Waals surface area contributed by atoms with Gasteiger partial charge in [0.15, 0.2) is 0 Å². The Morgan fingerprint density at radius 1 is 1.38 bits per heavy atom. The summed E-state index contributed by atoms with van der Waals surface area (Å²) in [6.07, 6.45) is 4.79. The van der Waals surface area contributed by atoms with Crippen LogP contribution in [0.15, 0.2) is 0 Å². The largest absolute Gasteiger partial charge is 0.462 e. The minimum atomic E-state index is -0.0947. The van der Waals surface area contributed by atoms with Gasteiger partial charge in [0, 0.05) is 20.1 Å². The summed E-state index contributed by atoms with van der Waals surface area (Å²) in [7, 11) is 1.72. The monoisotopic (exact) mass is 229 g/mol. The number of hydrogen-bond donors (Lipinski definition) is 1. The number of ether oxygens (including phenoxy) is 2. The lowest BCUT2D eigenvalue weighted by atomic mass is 9.95. The number of methoxy groups -OCH3 is 1. The summed E-state index contributed by atoms with van der Waals surface area (Å²) in [6.45, 7) is 3.62. The zero-order valence-electron chi connectivity index (χ0n) is 10.3. The fraction of sp³-hybridized carbons (Fsp3) is 0.917. The van der Waals surface area contributed by atoms with Crippen molar-refractivity contribution in [2.24, 2.45) is 0 Å². The van der Waals surface area contributed by atoms with Crippen LogP contribution in [0.2, 0.25) is 0 Å². The third-order valence-corrected chi connectivity index (χ3v) is 2.97. The minimum absolute atomic E-state index is 0.0628. The molecule has 94 valence electrons. The average Bonchev–Trinajstić information content (AvgIpc) is 2.29. The maximum absolute atomic E-state index is 11.5. The number of nitrogens with one attached hydrogen (secondary N) is 1. The molecule has 1 aliphatic carbocycles. The van der Waals surface area contributed by atoms with E-state index in [4.69, 9.17) is 9.47 Å². The van der Waals surface area contributed by atoms with E-state index in [2.05, 4.69) is 5.32 Å². The second kappa shape index (κ2) is 7.63. The zero-order chi connectivity index (χ0) is 11.8. The number of esters is 1. The van der Waals surface area contributed by atoms with Gasteiger partial charge in [-0.1, -0.05) is 6.92 Å². The minimum Gasteiger partial charge on any atom is -0.462 e. The van der Waals surface area contributed by atoms with Crippen molar-refractivity contribution >= 4 is 5.97 Å². The molecule has 4 nitrogen and oxygen atoms in total. The first kappa shape index (κ1) is 13.5. The van der Waals surface area contributed by atoms with Gasteiger partial charge in [-0.05, 0) is 25.8 Å². The van der Waals surface area contributed by atoms with Crippen LogP contribution in [-0.4, -0.2) is 38.4 Å². The van der Waals surface area contributed by atoms with Gasteiger partial charge in [0.05, 0.1) is 12.5 Å². The van der Waals surface area contributed by atoms with Crippen LogP contribution in [0.1, 0.15) is 39.0 Å². The molecule has 0 aliphatic heterocycles. The van der Waals surface area contributed by atoms with E-state index in [0.29, 0.717) is 13.0 Å². The van der Waals surface area contributed by atoms with Crippen LogP contribution in [0, 0.1) is 0 Å². The lowest BCUT2D eigenvalue weighted by molar-refractivity contribution is -0.152. The predicted molar refractivity (Wildman–Crippen MR) is 62.3 cm³/mol. The Morgan fingerprint density at radius 3 is 2.81 bits per heavy atom. The van der Waals surface area contributed by atoms with E-state index < -0.39 is 0 Å². The van der Waals surface area contributed by atoms with Crippen molar-refractivity contribution in [3.63, 3.8) is 0 Å². The molecule has 1 aliphatic rings. The number of hydrogen-bond acceptors (Lipinski definition) is 4. The molecule has 4 heteroatoms. The Morgan fingerprint density at radius 2 is 2.12 bits per heavy atom. The molecule has 0 saturated heterocycles. The fourth-order valence-corrected chi connectivity index (χ4v) is 2.04. The topological polar surface area (TPSA) is 47.6 Å². The summed E-state index contributed by atoms with van der Waals surface area (Å²) in [6, 6.07) is 0. The van der Waals surface area contributed by atoms with Gasteiger partial charge in [0.25, 0.3) is 0 Å². The highest BCUT2D eigenvalue weighted by molar-refractivity contribution is 5.69. The Bertz CT molecular complexity index is 208. The van der Waals surface area contributed by atoms with Crippen molar-refractivity contribution in [3.8, 4) is 0 Å². The van der Waals surface area contributed by atoms with E-state index in [1.165, 1.54) is 0 Å². The molecule has 0 bridgehead atoms. The van der Waals surface area contributed by atoms with Crippen LogP contribution in [0.5, 0.6) is 0 Å². The van der Waals surface area contributed by atoms with Crippen molar-refractivity contribution < 1.29 is 14.3 Å². The van der Waals surface area contributed by atoms with Gasteiger partial charge in [0.1, 0.15) is 6.10 Å². The molecule has 0 heterocycles. The number of carbonyl (C=O) groups is 1. The maximum Gasteiger partial charge on any atom is 0.307 e. The SMILES string of the molecule is CCNCCC(=O)OC1CCCC(OC)C1. The lowest BCUT2D eigenvalue weighted by Gasteiger charge is -2.27. The second-order valence-electron chi connectivity index (χ2n) is 4.24. The average molecular weight is 229 g/mol. The van der Waals surface area contributed by atoms with Crippen LogP contribution >= 0.6 is 0 Å². The first-order chi connectivity index (χ1) is 7.76. The van der Waals surface area contributed by atoms with Crippen molar-refractivity contribution in [3.05, 3.63) is 0 Å². The van der Waals surface area contributed by atoms with Gasteiger partial charge in [-0.2, -0.15) is 0 Å². The fourth-order valence-electron chi connectivity index (χ4n) is 2.04. The Hall–Kier alpha value is -0.610. The van der Waals surface area contributed by atoms with Crippen LogP contribution in [0.25, 0.3) is 0 Å². The molecule has 0 spiro atoms. The maximum atomic E-state index is 11.5. The van der Waals surface area contributed by atoms with Crippen LogP contribution in [-0.2, 0) is 14.3 Å². The van der Waals surface area contributed by atoms with Crippen molar-refractivity contribution in [1.29, 1.82) is 0 Å². The van der Waals surface area contributed by atoms with E-state index in [-0.39, 0.29) is 18.2 Å². The Balaban J connectivity index is 2.17. The van der Waals surface area contributed by atoms with Gasteiger partial charge >= 0.3 is 5.97 Å². The highest BCUT2D eigenvalue weighted by Crippen LogP contribution is 2.23. The van der Waals surface area contributed by atoms with Crippen molar-refractivity contribution in [2.45, 2.75) is 51.2 Å². The molecule has 0 aromatic carbocycles. The highest BCUT2D eigenvalue weighted by Gasteiger charge is 2.24. The zero-order valence-corrected chi connectivity index (χ0v) is 10.3. The second-order valence-corrected chi connectivity index (χ2v) is 4.24. The first-order valence-corrected chi connectivity index (χ1v) is 6.19. The van der Waals surface area contributed by atoms with Gasteiger partial charge < -0.3 is 14.8 Å². The lowest BCUT2D eigenvalue weighted by Crippen LogP contribution is -2.30.